The molecule has 0 saturated heterocycles. The van der Waals surface area contributed by atoms with Crippen LogP contribution in [0, 0.1) is 56.7 Å². The summed E-state index contributed by atoms with van der Waals surface area (Å²) in [4.78, 5) is 27.5. The number of carbonyl (C=O) groups is 2. The van der Waals surface area contributed by atoms with Gasteiger partial charge in [-0.25, -0.2) is 0 Å². The summed E-state index contributed by atoms with van der Waals surface area (Å²) in [6.07, 6.45) is 11.1. The van der Waals surface area contributed by atoms with Gasteiger partial charge in [-0.1, -0.05) is 107 Å². The highest BCUT2D eigenvalue weighted by molar-refractivity contribution is 5.78. The molecule has 7 rings (SSSR count). The van der Waals surface area contributed by atoms with Crippen LogP contribution in [0.5, 0.6) is 0 Å². The van der Waals surface area contributed by atoms with E-state index in [1.54, 1.807) is 0 Å². The fraction of sp³-hybridized carbons (Fsp3) is 0.644. The van der Waals surface area contributed by atoms with Crippen molar-refractivity contribution in [2.45, 2.75) is 125 Å². The first-order chi connectivity index (χ1) is 23.3. The summed E-state index contributed by atoms with van der Waals surface area (Å²) in [7, 11) is 0. The van der Waals surface area contributed by atoms with Crippen molar-refractivity contribution in [3.8, 4) is 0 Å². The zero-order valence-electron chi connectivity index (χ0n) is 31.1. The van der Waals surface area contributed by atoms with E-state index >= 15 is 0 Å². The van der Waals surface area contributed by atoms with Crippen LogP contribution in [-0.4, -0.2) is 18.0 Å². The first-order valence-electron chi connectivity index (χ1n) is 19.4. The summed E-state index contributed by atoms with van der Waals surface area (Å²) < 4.78 is 12.6. The van der Waals surface area contributed by atoms with Gasteiger partial charge in [0.15, 0.2) is 0 Å². The Kier molecular flexibility index (Phi) is 8.76. The van der Waals surface area contributed by atoms with Crippen LogP contribution in [0.1, 0.15) is 117 Å². The first kappa shape index (κ1) is 34.6. The van der Waals surface area contributed by atoms with Gasteiger partial charge in [0, 0.05) is 5.41 Å². The van der Waals surface area contributed by atoms with E-state index in [0.29, 0.717) is 42.6 Å². The number of fused-ring (bicyclic) bond motifs is 7. The lowest BCUT2D eigenvalue weighted by Crippen LogP contribution is -2.67. The molecule has 0 aromatic heterocycles. The summed E-state index contributed by atoms with van der Waals surface area (Å²) in [6.45, 7) is 19.7. The minimum atomic E-state index is -0.406. The number of hydrogen-bond acceptors (Lipinski definition) is 4. The molecular formula is C45H60O4. The number of allylic oxidation sites excluding steroid dienone is 1. The highest BCUT2D eigenvalue weighted by atomic mass is 16.5. The molecule has 5 fully saturated rings. The molecule has 10 atom stereocenters. The number of benzene rings is 2. The highest BCUT2D eigenvalue weighted by Crippen LogP contribution is 2.77. The maximum atomic E-state index is 14.3. The number of hydrogen-bond donors (Lipinski definition) is 0. The van der Waals surface area contributed by atoms with E-state index in [0.717, 1.165) is 49.7 Å². The molecule has 49 heavy (non-hydrogen) atoms. The monoisotopic (exact) mass is 664 g/mol. The van der Waals surface area contributed by atoms with Gasteiger partial charge in [0.25, 0.3) is 0 Å². The van der Waals surface area contributed by atoms with Crippen LogP contribution in [0.4, 0.5) is 0 Å². The summed E-state index contributed by atoms with van der Waals surface area (Å²) in [5.41, 5.74) is 3.36. The molecule has 0 spiro atoms. The van der Waals surface area contributed by atoms with Crippen molar-refractivity contribution in [2.24, 2.45) is 56.7 Å². The Morgan fingerprint density at radius 3 is 2.08 bits per heavy atom. The molecule has 2 aromatic rings. The third kappa shape index (κ3) is 5.36. The van der Waals surface area contributed by atoms with Crippen molar-refractivity contribution in [1.82, 2.24) is 0 Å². The Morgan fingerprint density at radius 2 is 1.41 bits per heavy atom. The van der Waals surface area contributed by atoms with Gasteiger partial charge in [-0.15, -0.1) is 0 Å². The fourth-order valence-electron chi connectivity index (χ4n) is 13.5. The molecule has 4 unspecified atom stereocenters. The zero-order chi connectivity index (χ0) is 34.8. The number of rotatable bonds is 7. The van der Waals surface area contributed by atoms with E-state index < -0.39 is 5.41 Å². The third-order valence-corrected chi connectivity index (χ3v) is 16.1. The lowest BCUT2D eigenvalue weighted by molar-refractivity contribution is -0.251. The van der Waals surface area contributed by atoms with Crippen LogP contribution in [-0.2, 0) is 32.1 Å². The first-order valence-corrected chi connectivity index (χ1v) is 19.4. The van der Waals surface area contributed by atoms with Crippen molar-refractivity contribution < 1.29 is 19.1 Å². The van der Waals surface area contributed by atoms with Crippen molar-refractivity contribution >= 4 is 11.9 Å². The minimum Gasteiger partial charge on any atom is -0.462 e. The quantitative estimate of drug-likeness (QED) is 0.218. The molecule has 0 N–H and O–H groups in total. The molecule has 0 aliphatic heterocycles. The van der Waals surface area contributed by atoms with Gasteiger partial charge in [-0.05, 0) is 128 Å². The normalized spacial score (nSPS) is 40.5. The molecule has 2 aromatic carbocycles. The van der Waals surface area contributed by atoms with E-state index in [4.69, 9.17) is 9.47 Å². The Labute approximate surface area is 295 Å². The molecule has 0 radical (unpaired) electrons. The molecule has 4 heteroatoms. The van der Waals surface area contributed by atoms with Gasteiger partial charge in [-0.2, -0.15) is 0 Å². The Bertz CT molecular complexity index is 1560. The summed E-state index contributed by atoms with van der Waals surface area (Å²) in [5.74, 6) is 2.22. The van der Waals surface area contributed by atoms with Gasteiger partial charge in [0.1, 0.15) is 12.7 Å². The van der Waals surface area contributed by atoms with E-state index in [2.05, 4.69) is 48.1 Å². The number of ether oxygens (including phenoxy) is 2. The van der Waals surface area contributed by atoms with E-state index in [1.165, 1.54) is 31.3 Å². The molecule has 264 valence electrons. The van der Waals surface area contributed by atoms with Crippen LogP contribution in [0.2, 0.25) is 0 Å². The van der Waals surface area contributed by atoms with Crippen molar-refractivity contribution in [2.75, 3.05) is 0 Å². The highest BCUT2D eigenvalue weighted by Gasteiger charge is 2.72. The molecular weight excluding hydrogens is 604 g/mol. The predicted molar refractivity (Wildman–Crippen MR) is 195 cm³/mol. The van der Waals surface area contributed by atoms with Crippen molar-refractivity contribution in [3.05, 3.63) is 83.9 Å². The summed E-state index contributed by atoms with van der Waals surface area (Å²) in [5, 5.41) is 0. The maximum absolute atomic E-state index is 14.3. The van der Waals surface area contributed by atoms with Crippen LogP contribution in [0.3, 0.4) is 0 Å². The SMILES string of the molecule is C=C(C)[C@@H]1CC[C@]2(C(=O)OCc3ccccc3)CC[C@]3(C)C(CCC4[C@@]5(C)CC[C@H](OC(=O)Cc6ccccc6)C(C)(C)C5CC[C@]43C)C12. The Balaban J connectivity index is 1.13. The van der Waals surface area contributed by atoms with Gasteiger partial charge in [0.2, 0.25) is 0 Å². The molecule has 5 aliphatic carbocycles. The van der Waals surface area contributed by atoms with E-state index in [1.807, 2.05) is 60.7 Å². The molecule has 5 aliphatic rings. The standard InChI is InChI=1S/C45H60O4/c1-30(2)33-20-25-45(40(47)48-29-32-16-12-9-13-17-32)27-26-43(6)34(39(33)45)18-19-36-42(5)23-22-37(41(3,4)35(42)21-24-44(36,43)7)49-38(46)28-31-14-10-8-11-15-31/h8-17,33-37,39H,1,18-29H2,2-7H3/t33-,34?,35?,36?,37-,39?,42-,43+,44+,45-/m0/s1. The van der Waals surface area contributed by atoms with Gasteiger partial charge in [0.05, 0.1) is 11.8 Å². The molecule has 0 bridgehead atoms. The van der Waals surface area contributed by atoms with Crippen molar-refractivity contribution in [1.29, 1.82) is 0 Å². The van der Waals surface area contributed by atoms with E-state index in [-0.39, 0.29) is 39.7 Å². The average molecular weight is 665 g/mol. The zero-order valence-corrected chi connectivity index (χ0v) is 31.1. The smallest absolute Gasteiger partial charge is 0.312 e. The minimum absolute atomic E-state index is 0.0389. The summed E-state index contributed by atoms with van der Waals surface area (Å²) in [6, 6.07) is 20.1. The Hall–Kier alpha value is -2.88. The van der Waals surface area contributed by atoms with Crippen LogP contribution >= 0.6 is 0 Å². The van der Waals surface area contributed by atoms with Crippen LogP contribution < -0.4 is 0 Å². The molecule has 4 nitrogen and oxygen atoms in total. The lowest BCUT2D eigenvalue weighted by atomic mass is 9.32. The third-order valence-electron chi connectivity index (χ3n) is 16.1. The van der Waals surface area contributed by atoms with Gasteiger partial charge >= 0.3 is 11.9 Å². The summed E-state index contributed by atoms with van der Waals surface area (Å²) >= 11 is 0. The molecule has 0 amide bonds. The van der Waals surface area contributed by atoms with Gasteiger partial charge in [-0.3, -0.25) is 9.59 Å². The Morgan fingerprint density at radius 1 is 0.735 bits per heavy atom. The fourth-order valence-corrected chi connectivity index (χ4v) is 13.5. The number of carbonyl (C=O) groups excluding carboxylic acids is 2. The second-order valence-electron chi connectivity index (χ2n) is 18.4. The number of esters is 2. The van der Waals surface area contributed by atoms with Crippen molar-refractivity contribution in [3.63, 3.8) is 0 Å². The van der Waals surface area contributed by atoms with Crippen LogP contribution in [0.25, 0.3) is 0 Å². The van der Waals surface area contributed by atoms with Gasteiger partial charge < -0.3 is 9.47 Å². The topological polar surface area (TPSA) is 52.6 Å². The van der Waals surface area contributed by atoms with E-state index in [9.17, 15) is 9.59 Å². The second kappa shape index (κ2) is 12.4. The average Bonchev–Trinajstić information content (AvgIpc) is 3.48. The predicted octanol–water partition coefficient (Wildman–Crippen LogP) is 10.5. The largest absolute Gasteiger partial charge is 0.462 e. The lowest BCUT2D eigenvalue weighted by Gasteiger charge is -2.72. The molecule has 0 heterocycles. The molecule has 5 saturated carbocycles. The second-order valence-corrected chi connectivity index (χ2v) is 18.4. The maximum Gasteiger partial charge on any atom is 0.312 e. The van der Waals surface area contributed by atoms with Crippen LogP contribution in [0.15, 0.2) is 72.8 Å².